The minimum absolute atomic E-state index is 0.0256. The first-order valence-corrected chi connectivity index (χ1v) is 10.3. The van der Waals surface area contributed by atoms with Crippen molar-refractivity contribution in [1.29, 1.82) is 0 Å². The zero-order valence-electron chi connectivity index (χ0n) is 13.6. The van der Waals surface area contributed by atoms with Crippen LogP contribution < -0.4 is 5.32 Å². The van der Waals surface area contributed by atoms with Crippen LogP contribution in [0, 0.1) is 0 Å². The SMILES string of the molecule is O=C(NCCc1ccc(Cl)cc1)c1ccccc1SCc1ccsc1. The highest BCUT2D eigenvalue weighted by Gasteiger charge is 2.11. The van der Waals surface area contributed by atoms with Crippen molar-refractivity contribution in [3.63, 3.8) is 0 Å². The van der Waals surface area contributed by atoms with Gasteiger partial charge in [-0.1, -0.05) is 35.9 Å². The molecule has 1 heterocycles. The number of benzene rings is 2. The van der Waals surface area contributed by atoms with E-state index in [2.05, 4.69) is 22.1 Å². The number of nitrogens with one attached hydrogen (secondary N) is 1. The molecule has 0 aliphatic rings. The molecule has 0 bridgehead atoms. The molecule has 0 unspecified atom stereocenters. The summed E-state index contributed by atoms with van der Waals surface area (Å²) in [6.07, 6.45) is 0.785. The zero-order chi connectivity index (χ0) is 17.5. The van der Waals surface area contributed by atoms with Crippen LogP contribution in [-0.4, -0.2) is 12.5 Å². The molecule has 0 spiro atoms. The van der Waals surface area contributed by atoms with E-state index in [4.69, 9.17) is 11.6 Å². The van der Waals surface area contributed by atoms with Gasteiger partial charge in [-0.05, 0) is 58.6 Å². The maximum Gasteiger partial charge on any atom is 0.252 e. The Morgan fingerprint density at radius 3 is 2.60 bits per heavy atom. The van der Waals surface area contributed by atoms with Crippen LogP contribution in [0.2, 0.25) is 5.02 Å². The Morgan fingerprint density at radius 1 is 1.04 bits per heavy atom. The van der Waals surface area contributed by atoms with Crippen LogP contribution in [0.4, 0.5) is 0 Å². The third kappa shape index (κ3) is 5.36. The molecule has 5 heteroatoms. The van der Waals surface area contributed by atoms with E-state index < -0.39 is 0 Å². The second kappa shape index (κ2) is 9.09. The maximum atomic E-state index is 12.5. The molecule has 0 saturated heterocycles. The topological polar surface area (TPSA) is 29.1 Å². The predicted octanol–water partition coefficient (Wildman–Crippen LogP) is 5.67. The molecule has 2 aromatic carbocycles. The third-order valence-corrected chi connectivity index (χ3v) is 5.85. The van der Waals surface area contributed by atoms with E-state index in [0.717, 1.165) is 33.2 Å². The third-order valence-electron chi connectivity index (χ3n) is 3.72. The number of thiophene rings is 1. The normalized spacial score (nSPS) is 10.6. The lowest BCUT2D eigenvalue weighted by Gasteiger charge is -2.10. The van der Waals surface area contributed by atoms with Gasteiger partial charge in [0, 0.05) is 22.2 Å². The van der Waals surface area contributed by atoms with E-state index >= 15 is 0 Å². The second-order valence-electron chi connectivity index (χ2n) is 5.55. The zero-order valence-corrected chi connectivity index (χ0v) is 16.0. The van der Waals surface area contributed by atoms with Gasteiger partial charge in [0.15, 0.2) is 0 Å². The van der Waals surface area contributed by atoms with Gasteiger partial charge in [-0.15, -0.1) is 11.8 Å². The van der Waals surface area contributed by atoms with Gasteiger partial charge >= 0.3 is 0 Å². The first kappa shape index (κ1) is 18.1. The molecule has 1 N–H and O–H groups in total. The molecule has 25 heavy (non-hydrogen) atoms. The Balaban J connectivity index is 1.56. The number of amides is 1. The Morgan fingerprint density at radius 2 is 1.84 bits per heavy atom. The Kier molecular flexibility index (Phi) is 6.56. The van der Waals surface area contributed by atoms with Crippen molar-refractivity contribution in [2.75, 3.05) is 6.54 Å². The molecule has 128 valence electrons. The average Bonchev–Trinajstić information content (AvgIpc) is 3.15. The summed E-state index contributed by atoms with van der Waals surface area (Å²) in [5.74, 6) is 0.848. The first-order chi connectivity index (χ1) is 12.2. The lowest BCUT2D eigenvalue weighted by atomic mass is 10.1. The van der Waals surface area contributed by atoms with Crippen LogP contribution in [0.5, 0.6) is 0 Å². The average molecular weight is 388 g/mol. The van der Waals surface area contributed by atoms with Crippen molar-refractivity contribution in [1.82, 2.24) is 5.32 Å². The number of hydrogen-bond acceptors (Lipinski definition) is 3. The molecule has 0 fully saturated rings. The molecule has 3 rings (SSSR count). The number of carbonyl (C=O) groups is 1. The largest absolute Gasteiger partial charge is 0.352 e. The van der Waals surface area contributed by atoms with Gasteiger partial charge in [0.2, 0.25) is 0 Å². The lowest BCUT2D eigenvalue weighted by molar-refractivity contribution is 0.0951. The summed E-state index contributed by atoms with van der Waals surface area (Å²) in [7, 11) is 0. The van der Waals surface area contributed by atoms with Gasteiger partial charge < -0.3 is 5.32 Å². The van der Waals surface area contributed by atoms with Gasteiger partial charge in [0.05, 0.1) is 5.56 Å². The molecule has 0 aliphatic heterocycles. The van der Waals surface area contributed by atoms with Gasteiger partial charge in [-0.3, -0.25) is 4.79 Å². The summed E-state index contributed by atoms with van der Waals surface area (Å²) in [5.41, 5.74) is 3.18. The molecule has 3 aromatic rings. The second-order valence-corrected chi connectivity index (χ2v) is 7.78. The number of carbonyl (C=O) groups excluding carboxylic acids is 1. The van der Waals surface area contributed by atoms with Crippen LogP contribution in [0.15, 0.2) is 70.3 Å². The van der Waals surface area contributed by atoms with Crippen molar-refractivity contribution in [2.24, 2.45) is 0 Å². The predicted molar refractivity (Wildman–Crippen MR) is 108 cm³/mol. The summed E-state index contributed by atoms with van der Waals surface area (Å²) >= 11 is 9.28. The van der Waals surface area contributed by atoms with Crippen molar-refractivity contribution >= 4 is 40.6 Å². The van der Waals surface area contributed by atoms with E-state index in [1.807, 2.05) is 48.5 Å². The molecule has 0 radical (unpaired) electrons. The van der Waals surface area contributed by atoms with Crippen molar-refractivity contribution in [3.8, 4) is 0 Å². The summed E-state index contributed by atoms with van der Waals surface area (Å²) in [4.78, 5) is 13.5. The molecular weight excluding hydrogens is 370 g/mol. The molecular formula is C20H18ClNOS2. The highest BCUT2D eigenvalue weighted by Crippen LogP contribution is 2.27. The Labute approximate surface area is 161 Å². The lowest BCUT2D eigenvalue weighted by Crippen LogP contribution is -2.26. The van der Waals surface area contributed by atoms with Crippen molar-refractivity contribution < 1.29 is 4.79 Å². The number of halogens is 1. The van der Waals surface area contributed by atoms with Crippen LogP contribution in [0.3, 0.4) is 0 Å². The van der Waals surface area contributed by atoms with Crippen molar-refractivity contribution in [2.45, 2.75) is 17.1 Å². The molecule has 2 nitrogen and oxygen atoms in total. The summed E-state index contributed by atoms with van der Waals surface area (Å²) in [5, 5.41) is 7.95. The van der Waals surface area contributed by atoms with Gasteiger partial charge in [-0.25, -0.2) is 0 Å². The van der Waals surface area contributed by atoms with Crippen LogP contribution in [0.1, 0.15) is 21.5 Å². The molecule has 1 aromatic heterocycles. The fourth-order valence-electron chi connectivity index (χ4n) is 2.38. The minimum Gasteiger partial charge on any atom is -0.352 e. The fourth-order valence-corrected chi connectivity index (χ4v) is 4.28. The molecule has 0 atom stereocenters. The van der Waals surface area contributed by atoms with E-state index in [9.17, 15) is 4.79 Å². The van der Waals surface area contributed by atoms with Crippen LogP contribution >= 0.6 is 34.7 Å². The van der Waals surface area contributed by atoms with E-state index in [1.165, 1.54) is 5.56 Å². The Hall–Kier alpha value is -1.75. The fraction of sp³-hybridized carbons (Fsp3) is 0.150. The summed E-state index contributed by atoms with van der Waals surface area (Å²) in [6, 6.07) is 17.6. The quantitative estimate of drug-likeness (QED) is 0.529. The highest BCUT2D eigenvalue weighted by molar-refractivity contribution is 7.98. The highest BCUT2D eigenvalue weighted by atomic mass is 35.5. The van der Waals surface area contributed by atoms with Gasteiger partial charge in [-0.2, -0.15) is 11.3 Å². The Bertz CT molecular complexity index is 816. The standard InChI is InChI=1S/C20H18ClNOS2/c21-17-7-5-15(6-8-17)9-11-22-20(23)18-3-1-2-4-19(18)25-14-16-10-12-24-13-16/h1-8,10,12-13H,9,11,14H2,(H,22,23). The van der Waals surface area contributed by atoms with E-state index in [0.29, 0.717) is 6.54 Å². The summed E-state index contributed by atoms with van der Waals surface area (Å²) < 4.78 is 0. The molecule has 0 saturated carbocycles. The van der Waals surface area contributed by atoms with Crippen LogP contribution in [0.25, 0.3) is 0 Å². The molecule has 0 aliphatic carbocycles. The monoisotopic (exact) mass is 387 g/mol. The number of hydrogen-bond donors (Lipinski definition) is 1. The smallest absolute Gasteiger partial charge is 0.252 e. The van der Waals surface area contributed by atoms with E-state index in [-0.39, 0.29) is 5.91 Å². The van der Waals surface area contributed by atoms with Gasteiger partial charge in [0.1, 0.15) is 0 Å². The van der Waals surface area contributed by atoms with Crippen LogP contribution in [-0.2, 0) is 12.2 Å². The van der Waals surface area contributed by atoms with E-state index in [1.54, 1.807) is 23.1 Å². The summed E-state index contributed by atoms with van der Waals surface area (Å²) in [6.45, 7) is 0.601. The minimum atomic E-state index is -0.0256. The number of thioether (sulfide) groups is 1. The first-order valence-electron chi connectivity index (χ1n) is 7.98. The molecule has 1 amide bonds. The van der Waals surface area contributed by atoms with Gasteiger partial charge in [0.25, 0.3) is 5.91 Å². The van der Waals surface area contributed by atoms with Crippen molar-refractivity contribution in [3.05, 3.63) is 87.1 Å². The maximum absolute atomic E-state index is 12.5. The number of rotatable bonds is 7.